The van der Waals surface area contributed by atoms with Gasteiger partial charge in [0.15, 0.2) is 0 Å². The average Bonchev–Trinajstić information content (AvgIpc) is 2.64. The summed E-state index contributed by atoms with van der Waals surface area (Å²) in [5, 5.41) is 24.1. The van der Waals surface area contributed by atoms with Gasteiger partial charge < -0.3 is 15.7 Å². The van der Waals surface area contributed by atoms with Gasteiger partial charge in [0, 0.05) is 19.0 Å². The van der Waals surface area contributed by atoms with Crippen LogP contribution in [0.25, 0.3) is 0 Å². The second kappa shape index (κ2) is 9.45. The number of amides is 2. The first-order valence-electron chi connectivity index (χ1n) is 8.32. The highest BCUT2D eigenvalue weighted by molar-refractivity contribution is 5.73. The molecule has 0 bridgehead atoms. The van der Waals surface area contributed by atoms with Crippen molar-refractivity contribution in [3.05, 3.63) is 71.3 Å². The first-order chi connectivity index (χ1) is 12.1. The van der Waals surface area contributed by atoms with Gasteiger partial charge in [-0.1, -0.05) is 42.5 Å². The van der Waals surface area contributed by atoms with Gasteiger partial charge in [-0.15, -0.1) is 0 Å². The van der Waals surface area contributed by atoms with Crippen LogP contribution in [0.1, 0.15) is 36.0 Å². The van der Waals surface area contributed by atoms with Crippen LogP contribution in [0.4, 0.5) is 4.79 Å². The van der Waals surface area contributed by atoms with Crippen molar-refractivity contribution in [2.24, 2.45) is 0 Å². The molecule has 2 aromatic rings. The zero-order chi connectivity index (χ0) is 18.1. The maximum atomic E-state index is 12.0. The SMILES string of the molecule is CC(O)CC(CNC(=O)NCc1ccc(C#N)cc1)c1ccccc1. The maximum Gasteiger partial charge on any atom is 0.315 e. The maximum absolute atomic E-state index is 12.0. The Labute approximate surface area is 148 Å². The lowest BCUT2D eigenvalue weighted by atomic mass is 9.93. The average molecular weight is 337 g/mol. The number of aliphatic hydroxyl groups excluding tert-OH is 1. The summed E-state index contributed by atoms with van der Waals surface area (Å²) in [5.41, 5.74) is 2.62. The number of nitrogens with one attached hydrogen (secondary N) is 2. The predicted octanol–water partition coefficient (Wildman–Crippen LogP) is 2.91. The third kappa shape index (κ3) is 6.28. The van der Waals surface area contributed by atoms with Crippen LogP contribution in [0, 0.1) is 11.3 Å². The van der Waals surface area contributed by atoms with Crippen molar-refractivity contribution in [1.29, 1.82) is 5.26 Å². The normalized spacial score (nSPS) is 12.7. The molecule has 2 unspecified atom stereocenters. The van der Waals surface area contributed by atoms with Crippen LogP contribution < -0.4 is 10.6 Å². The van der Waals surface area contributed by atoms with Gasteiger partial charge in [-0.3, -0.25) is 0 Å². The molecular weight excluding hydrogens is 314 g/mol. The highest BCUT2D eigenvalue weighted by Crippen LogP contribution is 2.20. The molecule has 0 aliphatic heterocycles. The van der Waals surface area contributed by atoms with Crippen molar-refractivity contribution in [1.82, 2.24) is 10.6 Å². The van der Waals surface area contributed by atoms with Gasteiger partial charge in [-0.05, 0) is 36.6 Å². The van der Waals surface area contributed by atoms with Crippen molar-refractivity contribution in [2.75, 3.05) is 6.54 Å². The molecule has 0 radical (unpaired) electrons. The molecule has 25 heavy (non-hydrogen) atoms. The Hall–Kier alpha value is -2.84. The molecule has 2 rings (SSSR count). The minimum atomic E-state index is -0.436. The molecule has 2 atom stereocenters. The third-order valence-electron chi connectivity index (χ3n) is 3.94. The fraction of sp³-hybridized carbons (Fsp3) is 0.300. The number of nitrogens with zero attached hydrogens (tertiary/aromatic N) is 1. The lowest BCUT2D eigenvalue weighted by molar-refractivity contribution is 0.173. The van der Waals surface area contributed by atoms with Crippen LogP contribution in [0.3, 0.4) is 0 Å². The van der Waals surface area contributed by atoms with Gasteiger partial charge in [0.05, 0.1) is 17.7 Å². The molecule has 2 amide bonds. The van der Waals surface area contributed by atoms with E-state index in [0.717, 1.165) is 11.1 Å². The largest absolute Gasteiger partial charge is 0.393 e. The molecule has 130 valence electrons. The number of aliphatic hydroxyl groups is 1. The molecular formula is C20H23N3O2. The Balaban J connectivity index is 1.84. The summed E-state index contributed by atoms with van der Waals surface area (Å²) in [5.74, 6) is 0.0573. The number of hydrogen-bond acceptors (Lipinski definition) is 3. The topological polar surface area (TPSA) is 85.2 Å². The number of benzene rings is 2. The molecule has 2 aromatic carbocycles. The van der Waals surface area contributed by atoms with Crippen LogP contribution in [0.15, 0.2) is 54.6 Å². The molecule has 0 aliphatic rings. The Bertz CT molecular complexity index is 706. The number of carbonyl (C=O) groups is 1. The Morgan fingerprint density at radius 2 is 1.80 bits per heavy atom. The Kier molecular flexibility index (Phi) is 7.00. The van der Waals surface area contributed by atoms with Crippen molar-refractivity contribution in [3.63, 3.8) is 0 Å². The van der Waals surface area contributed by atoms with E-state index in [1.807, 2.05) is 42.5 Å². The van der Waals surface area contributed by atoms with Crippen LogP contribution in [0.5, 0.6) is 0 Å². The minimum Gasteiger partial charge on any atom is -0.393 e. The van der Waals surface area contributed by atoms with E-state index in [-0.39, 0.29) is 11.9 Å². The summed E-state index contributed by atoms with van der Waals surface area (Å²) < 4.78 is 0. The summed E-state index contributed by atoms with van der Waals surface area (Å²) in [6.07, 6.45) is 0.147. The first-order valence-corrected chi connectivity index (χ1v) is 8.32. The van der Waals surface area contributed by atoms with E-state index in [2.05, 4.69) is 16.7 Å². The molecule has 3 N–H and O–H groups in total. The smallest absolute Gasteiger partial charge is 0.315 e. The van der Waals surface area contributed by atoms with E-state index in [9.17, 15) is 9.90 Å². The fourth-order valence-electron chi connectivity index (χ4n) is 2.63. The third-order valence-corrected chi connectivity index (χ3v) is 3.94. The second-order valence-corrected chi connectivity index (χ2v) is 6.06. The lowest BCUT2D eigenvalue weighted by Crippen LogP contribution is -2.37. The number of rotatable bonds is 7. The molecule has 0 saturated carbocycles. The zero-order valence-electron chi connectivity index (χ0n) is 14.3. The van der Waals surface area contributed by atoms with Crippen LogP contribution >= 0.6 is 0 Å². The van der Waals surface area contributed by atoms with E-state index >= 15 is 0 Å². The van der Waals surface area contributed by atoms with Gasteiger partial charge in [-0.2, -0.15) is 5.26 Å². The lowest BCUT2D eigenvalue weighted by Gasteiger charge is -2.20. The highest BCUT2D eigenvalue weighted by atomic mass is 16.3. The molecule has 0 aromatic heterocycles. The molecule has 5 heteroatoms. The van der Waals surface area contributed by atoms with Gasteiger partial charge >= 0.3 is 6.03 Å². The Morgan fingerprint density at radius 1 is 1.12 bits per heavy atom. The van der Waals surface area contributed by atoms with Crippen LogP contribution in [-0.4, -0.2) is 23.8 Å². The van der Waals surface area contributed by atoms with Crippen molar-refractivity contribution >= 4 is 6.03 Å². The van der Waals surface area contributed by atoms with E-state index < -0.39 is 6.10 Å². The quantitative estimate of drug-likeness (QED) is 0.726. The molecule has 0 heterocycles. The minimum absolute atomic E-state index is 0.0573. The van der Waals surface area contributed by atoms with E-state index in [4.69, 9.17) is 5.26 Å². The summed E-state index contributed by atoms with van der Waals surface area (Å²) in [4.78, 5) is 12.0. The summed E-state index contributed by atoms with van der Waals surface area (Å²) in [7, 11) is 0. The van der Waals surface area contributed by atoms with Gasteiger partial charge in [0.1, 0.15) is 0 Å². The number of urea groups is 1. The zero-order valence-corrected chi connectivity index (χ0v) is 14.3. The van der Waals surface area contributed by atoms with Crippen molar-refractivity contribution in [2.45, 2.75) is 31.9 Å². The number of carbonyl (C=O) groups excluding carboxylic acids is 1. The fourth-order valence-corrected chi connectivity index (χ4v) is 2.63. The monoisotopic (exact) mass is 337 g/mol. The standard InChI is InChI=1S/C20H23N3O2/c1-15(24)11-19(18-5-3-2-4-6-18)14-23-20(25)22-13-17-9-7-16(12-21)8-10-17/h2-10,15,19,24H,11,13-14H2,1H3,(H2,22,23,25). The van der Waals surface area contributed by atoms with Gasteiger partial charge in [0.25, 0.3) is 0 Å². The molecule has 0 saturated heterocycles. The highest BCUT2D eigenvalue weighted by Gasteiger charge is 2.15. The Morgan fingerprint density at radius 3 is 2.40 bits per heavy atom. The summed E-state index contributed by atoms with van der Waals surface area (Å²) in [6.45, 7) is 2.60. The summed E-state index contributed by atoms with van der Waals surface area (Å²) >= 11 is 0. The molecule has 0 fully saturated rings. The summed E-state index contributed by atoms with van der Waals surface area (Å²) in [6, 6.07) is 18.8. The predicted molar refractivity (Wildman–Crippen MR) is 96.9 cm³/mol. The number of nitriles is 1. The van der Waals surface area contributed by atoms with Crippen molar-refractivity contribution < 1.29 is 9.90 Å². The van der Waals surface area contributed by atoms with Gasteiger partial charge in [-0.25, -0.2) is 4.79 Å². The van der Waals surface area contributed by atoms with Crippen molar-refractivity contribution in [3.8, 4) is 6.07 Å². The van der Waals surface area contributed by atoms with Gasteiger partial charge in [0.2, 0.25) is 0 Å². The molecule has 0 spiro atoms. The van der Waals surface area contributed by atoms with Crippen LogP contribution in [-0.2, 0) is 6.54 Å². The first kappa shape index (κ1) is 18.5. The molecule has 0 aliphatic carbocycles. The molecule has 5 nitrogen and oxygen atoms in total. The van der Waals surface area contributed by atoms with E-state index in [1.54, 1.807) is 19.1 Å². The number of hydrogen-bond donors (Lipinski definition) is 3. The van der Waals surface area contributed by atoms with E-state index in [0.29, 0.717) is 25.1 Å². The van der Waals surface area contributed by atoms with E-state index in [1.165, 1.54) is 0 Å². The van der Waals surface area contributed by atoms with Crippen LogP contribution in [0.2, 0.25) is 0 Å². The second-order valence-electron chi connectivity index (χ2n) is 6.06.